The second kappa shape index (κ2) is 5.80. The molecule has 0 aliphatic heterocycles. The molecular formula is C14H8BrClF2O. The van der Waals surface area contributed by atoms with E-state index in [4.69, 9.17) is 11.6 Å². The highest BCUT2D eigenvalue weighted by atomic mass is 79.9. The minimum Gasteiger partial charge on any atom is -0.294 e. The molecule has 0 heterocycles. The van der Waals surface area contributed by atoms with Crippen molar-refractivity contribution in [2.75, 3.05) is 0 Å². The number of halogens is 4. The summed E-state index contributed by atoms with van der Waals surface area (Å²) in [6.45, 7) is 0. The van der Waals surface area contributed by atoms with Crippen LogP contribution in [0, 0.1) is 11.6 Å². The summed E-state index contributed by atoms with van der Waals surface area (Å²) in [6, 6.07) is 8.15. The van der Waals surface area contributed by atoms with Gasteiger partial charge in [-0.3, -0.25) is 4.79 Å². The first-order chi connectivity index (χ1) is 8.99. The van der Waals surface area contributed by atoms with Crippen molar-refractivity contribution in [2.45, 2.75) is 6.42 Å². The summed E-state index contributed by atoms with van der Waals surface area (Å²) in [6.07, 6.45) is -0.337. The predicted octanol–water partition coefficient (Wildman–Crippen LogP) is 4.81. The standard InChI is InChI=1S/C14H8BrClF2O/c15-10-5-4-8(6-11(10)16)14(19)7-9-12(17)2-1-3-13(9)18/h1-6H,7H2. The predicted molar refractivity (Wildman–Crippen MR) is 73.5 cm³/mol. The van der Waals surface area contributed by atoms with Gasteiger partial charge >= 0.3 is 0 Å². The molecule has 0 N–H and O–H groups in total. The van der Waals surface area contributed by atoms with Crippen LogP contribution < -0.4 is 0 Å². The van der Waals surface area contributed by atoms with Gasteiger partial charge in [0.2, 0.25) is 0 Å². The van der Waals surface area contributed by atoms with Crippen LogP contribution in [0.5, 0.6) is 0 Å². The normalized spacial score (nSPS) is 10.5. The van der Waals surface area contributed by atoms with Crippen LogP contribution in [0.25, 0.3) is 0 Å². The summed E-state index contributed by atoms with van der Waals surface area (Å²) in [4.78, 5) is 12.0. The van der Waals surface area contributed by atoms with Gasteiger partial charge in [0.1, 0.15) is 11.6 Å². The molecule has 0 saturated heterocycles. The highest BCUT2D eigenvalue weighted by Crippen LogP contribution is 2.24. The number of hydrogen-bond donors (Lipinski definition) is 0. The number of ketones is 1. The van der Waals surface area contributed by atoms with Crippen molar-refractivity contribution in [1.29, 1.82) is 0 Å². The number of carbonyl (C=O) groups excluding carboxylic acids is 1. The van der Waals surface area contributed by atoms with Crippen molar-refractivity contribution < 1.29 is 13.6 Å². The lowest BCUT2D eigenvalue weighted by Gasteiger charge is -2.05. The van der Waals surface area contributed by atoms with Gasteiger partial charge in [-0.1, -0.05) is 23.7 Å². The van der Waals surface area contributed by atoms with Gasteiger partial charge in [-0.15, -0.1) is 0 Å². The van der Waals surface area contributed by atoms with Gasteiger partial charge in [0, 0.05) is 22.0 Å². The molecule has 0 saturated carbocycles. The Morgan fingerprint density at radius 1 is 1.16 bits per heavy atom. The molecule has 0 amide bonds. The Kier molecular flexibility index (Phi) is 4.32. The minimum atomic E-state index is -0.725. The largest absolute Gasteiger partial charge is 0.294 e. The molecule has 2 aromatic rings. The minimum absolute atomic E-state index is 0.230. The number of Topliss-reactive ketones (excluding diaryl/α,β-unsaturated/α-hetero) is 1. The van der Waals surface area contributed by atoms with Crippen LogP contribution >= 0.6 is 27.5 Å². The summed E-state index contributed by atoms with van der Waals surface area (Å²) in [7, 11) is 0. The zero-order valence-corrected chi connectivity index (χ0v) is 11.9. The second-order valence-electron chi connectivity index (χ2n) is 3.93. The zero-order chi connectivity index (χ0) is 14.0. The molecule has 0 radical (unpaired) electrons. The van der Waals surface area contributed by atoms with Gasteiger partial charge in [0.25, 0.3) is 0 Å². The molecule has 0 fully saturated rings. The fourth-order valence-corrected chi connectivity index (χ4v) is 2.06. The Hall–Kier alpha value is -1.26. The molecule has 2 rings (SSSR count). The van der Waals surface area contributed by atoms with E-state index in [1.807, 2.05) is 0 Å². The van der Waals surface area contributed by atoms with Gasteiger partial charge < -0.3 is 0 Å². The fourth-order valence-electron chi connectivity index (χ4n) is 1.63. The lowest BCUT2D eigenvalue weighted by atomic mass is 10.0. The first-order valence-electron chi connectivity index (χ1n) is 5.40. The molecule has 0 atom stereocenters. The molecule has 98 valence electrons. The lowest BCUT2D eigenvalue weighted by Crippen LogP contribution is -2.07. The molecule has 19 heavy (non-hydrogen) atoms. The molecule has 0 aliphatic carbocycles. The van der Waals surface area contributed by atoms with Crippen LogP contribution in [-0.4, -0.2) is 5.78 Å². The molecule has 0 spiro atoms. The van der Waals surface area contributed by atoms with E-state index in [9.17, 15) is 13.6 Å². The average Bonchev–Trinajstić information content (AvgIpc) is 2.37. The molecule has 0 aliphatic rings. The van der Waals surface area contributed by atoms with E-state index in [1.165, 1.54) is 12.1 Å². The van der Waals surface area contributed by atoms with Crippen LogP contribution in [0.4, 0.5) is 8.78 Å². The van der Waals surface area contributed by atoms with Crippen molar-refractivity contribution in [2.24, 2.45) is 0 Å². The van der Waals surface area contributed by atoms with E-state index in [1.54, 1.807) is 12.1 Å². The smallest absolute Gasteiger partial charge is 0.167 e. The highest BCUT2D eigenvalue weighted by molar-refractivity contribution is 9.10. The highest BCUT2D eigenvalue weighted by Gasteiger charge is 2.15. The van der Waals surface area contributed by atoms with Gasteiger partial charge in [-0.2, -0.15) is 0 Å². The van der Waals surface area contributed by atoms with Crippen LogP contribution in [-0.2, 0) is 6.42 Å². The summed E-state index contributed by atoms with van der Waals surface area (Å²) < 4.78 is 27.5. The van der Waals surface area contributed by atoms with E-state index in [2.05, 4.69) is 15.9 Å². The SMILES string of the molecule is O=C(Cc1c(F)cccc1F)c1ccc(Br)c(Cl)c1. The van der Waals surface area contributed by atoms with Crippen molar-refractivity contribution >= 4 is 33.3 Å². The van der Waals surface area contributed by atoms with Gasteiger partial charge in [0.05, 0.1) is 5.02 Å². The third-order valence-electron chi connectivity index (χ3n) is 2.64. The van der Waals surface area contributed by atoms with Crippen LogP contribution in [0.1, 0.15) is 15.9 Å². The van der Waals surface area contributed by atoms with Crippen LogP contribution in [0.3, 0.4) is 0 Å². The summed E-state index contributed by atoms with van der Waals surface area (Å²) >= 11 is 9.08. The van der Waals surface area contributed by atoms with Crippen LogP contribution in [0.2, 0.25) is 5.02 Å². The van der Waals surface area contributed by atoms with Crippen LogP contribution in [0.15, 0.2) is 40.9 Å². The summed E-state index contributed by atoms with van der Waals surface area (Å²) in [5.74, 6) is -1.84. The molecule has 5 heteroatoms. The number of carbonyl (C=O) groups is 1. The Morgan fingerprint density at radius 2 is 1.79 bits per heavy atom. The molecular weight excluding hydrogens is 338 g/mol. The summed E-state index contributed by atoms with van der Waals surface area (Å²) in [5, 5.41) is 0.375. The van der Waals surface area contributed by atoms with E-state index in [0.717, 1.165) is 12.1 Å². The maximum absolute atomic E-state index is 13.4. The third kappa shape index (κ3) is 3.19. The molecule has 0 unspecified atom stereocenters. The topological polar surface area (TPSA) is 17.1 Å². The van der Waals surface area contributed by atoms with E-state index < -0.39 is 17.4 Å². The van der Waals surface area contributed by atoms with Gasteiger partial charge in [-0.05, 0) is 40.2 Å². The van der Waals surface area contributed by atoms with Gasteiger partial charge in [0.15, 0.2) is 5.78 Å². The lowest BCUT2D eigenvalue weighted by molar-refractivity contribution is 0.0990. The quantitative estimate of drug-likeness (QED) is 0.730. The second-order valence-corrected chi connectivity index (χ2v) is 5.19. The van der Waals surface area contributed by atoms with E-state index >= 15 is 0 Å². The number of benzene rings is 2. The first kappa shape index (κ1) is 14.2. The maximum atomic E-state index is 13.4. The molecule has 1 nitrogen and oxygen atoms in total. The van der Waals surface area contributed by atoms with E-state index in [0.29, 0.717) is 15.1 Å². The van der Waals surface area contributed by atoms with Gasteiger partial charge in [-0.25, -0.2) is 8.78 Å². The van der Waals surface area contributed by atoms with Crippen molar-refractivity contribution in [1.82, 2.24) is 0 Å². The zero-order valence-electron chi connectivity index (χ0n) is 9.59. The Labute approximate surface area is 122 Å². The first-order valence-corrected chi connectivity index (χ1v) is 6.57. The molecule has 0 aromatic heterocycles. The monoisotopic (exact) mass is 344 g/mol. The van der Waals surface area contributed by atoms with Crippen molar-refractivity contribution in [3.05, 3.63) is 68.7 Å². The number of hydrogen-bond acceptors (Lipinski definition) is 1. The van der Waals surface area contributed by atoms with Crippen molar-refractivity contribution in [3.8, 4) is 0 Å². The summed E-state index contributed by atoms with van der Waals surface area (Å²) in [5.41, 5.74) is 0.0856. The molecule has 2 aromatic carbocycles. The maximum Gasteiger partial charge on any atom is 0.167 e. The fraction of sp³-hybridized carbons (Fsp3) is 0.0714. The van der Waals surface area contributed by atoms with E-state index in [-0.39, 0.29) is 12.0 Å². The Balaban J connectivity index is 2.28. The Morgan fingerprint density at radius 3 is 2.37 bits per heavy atom. The average molecular weight is 346 g/mol. The third-order valence-corrected chi connectivity index (χ3v) is 3.87. The molecule has 0 bridgehead atoms. The Bertz CT molecular complexity index is 623. The number of rotatable bonds is 3. The van der Waals surface area contributed by atoms with Crippen molar-refractivity contribution in [3.63, 3.8) is 0 Å².